The number of likely N-dealkylation sites (N-methyl/N-ethyl adjacent to an activating group) is 1. The van der Waals surface area contributed by atoms with E-state index in [1.165, 1.54) is 50.4 Å². The van der Waals surface area contributed by atoms with E-state index in [0.717, 1.165) is 12.6 Å². The predicted molar refractivity (Wildman–Crippen MR) is 90.4 cm³/mol. The molecule has 20 heavy (non-hydrogen) atoms. The first-order chi connectivity index (χ1) is 9.42. The lowest BCUT2D eigenvalue weighted by atomic mass is 9.78. The summed E-state index contributed by atoms with van der Waals surface area (Å²) < 4.78 is 0. The Morgan fingerprint density at radius 2 is 1.90 bits per heavy atom. The Bertz CT molecular complexity index is 313. The van der Waals surface area contributed by atoms with Crippen LogP contribution in [0.4, 0.5) is 0 Å². The van der Waals surface area contributed by atoms with E-state index in [1.54, 1.807) is 0 Å². The van der Waals surface area contributed by atoms with Crippen molar-refractivity contribution in [1.29, 1.82) is 0 Å². The Hall–Kier alpha value is 0.230. The summed E-state index contributed by atoms with van der Waals surface area (Å²) in [6.45, 7) is 11.6. The highest BCUT2D eigenvalue weighted by atomic mass is 32.2. The number of thioether (sulfide) groups is 1. The van der Waals surface area contributed by atoms with E-state index in [-0.39, 0.29) is 5.54 Å². The Labute approximate surface area is 129 Å². The van der Waals surface area contributed by atoms with Crippen LogP contribution in [0.3, 0.4) is 0 Å². The summed E-state index contributed by atoms with van der Waals surface area (Å²) in [6, 6.07) is 0.718. The summed E-state index contributed by atoms with van der Waals surface area (Å²) in [6.07, 6.45) is 3.85. The van der Waals surface area contributed by atoms with Crippen molar-refractivity contribution in [3.8, 4) is 0 Å². The SMILES string of the molecule is CCN1CCC(N(C)C2(CN)CSCC(C)(C)C2)CC1. The minimum Gasteiger partial charge on any atom is -0.329 e. The first-order valence-electron chi connectivity index (χ1n) is 8.15. The van der Waals surface area contributed by atoms with Crippen molar-refractivity contribution in [2.45, 2.75) is 51.6 Å². The molecule has 0 saturated carbocycles. The fourth-order valence-corrected chi connectivity index (χ4v) is 5.58. The highest BCUT2D eigenvalue weighted by Crippen LogP contribution is 2.42. The van der Waals surface area contributed by atoms with Crippen LogP contribution in [0.5, 0.6) is 0 Å². The van der Waals surface area contributed by atoms with Gasteiger partial charge in [0.25, 0.3) is 0 Å². The van der Waals surface area contributed by atoms with Crippen molar-refractivity contribution in [2.75, 3.05) is 44.7 Å². The lowest BCUT2D eigenvalue weighted by Gasteiger charge is -2.53. The maximum absolute atomic E-state index is 6.25. The van der Waals surface area contributed by atoms with Gasteiger partial charge in [0, 0.05) is 23.9 Å². The van der Waals surface area contributed by atoms with Gasteiger partial charge in [0.2, 0.25) is 0 Å². The molecule has 1 atom stereocenters. The van der Waals surface area contributed by atoms with Crippen LogP contribution in [0, 0.1) is 5.41 Å². The second-order valence-corrected chi connectivity index (χ2v) is 8.52. The summed E-state index contributed by atoms with van der Waals surface area (Å²) >= 11 is 2.10. The van der Waals surface area contributed by atoms with Gasteiger partial charge in [0.15, 0.2) is 0 Å². The van der Waals surface area contributed by atoms with Crippen LogP contribution < -0.4 is 5.73 Å². The molecule has 0 aromatic carbocycles. The van der Waals surface area contributed by atoms with Crippen LogP contribution >= 0.6 is 11.8 Å². The summed E-state index contributed by atoms with van der Waals surface area (Å²) in [5.74, 6) is 2.48. The first-order valence-corrected chi connectivity index (χ1v) is 9.31. The molecule has 0 spiro atoms. The van der Waals surface area contributed by atoms with E-state index < -0.39 is 0 Å². The third-order valence-electron chi connectivity index (χ3n) is 5.35. The van der Waals surface area contributed by atoms with Gasteiger partial charge in [-0.05, 0) is 57.1 Å². The van der Waals surface area contributed by atoms with E-state index >= 15 is 0 Å². The number of piperidine rings is 1. The summed E-state index contributed by atoms with van der Waals surface area (Å²) in [7, 11) is 2.33. The molecule has 0 aliphatic carbocycles. The van der Waals surface area contributed by atoms with Crippen LogP contribution in [0.2, 0.25) is 0 Å². The third-order valence-corrected chi connectivity index (χ3v) is 7.08. The zero-order valence-corrected chi connectivity index (χ0v) is 14.6. The number of rotatable bonds is 4. The minimum absolute atomic E-state index is 0.214. The predicted octanol–water partition coefficient (Wildman–Crippen LogP) is 2.26. The van der Waals surface area contributed by atoms with Crippen LogP contribution in [-0.4, -0.2) is 66.1 Å². The molecule has 2 fully saturated rings. The van der Waals surface area contributed by atoms with Gasteiger partial charge in [-0.1, -0.05) is 20.8 Å². The topological polar surface area (TPSA) is 32.5 Å². The van der Waals surface area contributed by atoms with E-state index in [4.69, 9.17) is 5.73 Å². The maximum Gasteiger partial charge on any atom is 0.0427 e. The van der Waals surface area contributed by atoms with Crippen molar-refractivity contribution in [1.82, 2.24) is 9.80 Å². The van der Waals surface area contributed by atoms with Crippen molar-refractivity contribution in [3.63, 3.8) is 0 Å². The summed E-state index contributed by atoms with van der Waals surface area (Å²) in [5, 5.41) is 0. The van der Waals surface area contributed by atoms with E-state index in [9.17, 15) is 0 Å². The van der Waals surface area contributed by atoms with Gasteiger partial charge in [0.1, 0.15) is 0 Å². The van der Waals surface area contributed by atoms with Crippen molar-refractivity contribution < 1.29 is 0 Å². The fraction of sp³-hybridized carbons (Fsp3) is 1.00. The molecule has 3 nitrogen and oxygen atoms in total. The Morgan fingerprint density at radius 1 is 1.25 bits per heavy atom. The Kier molecular flexibility index (Phi) is 5.44. The molecular formula is C16H33N3S. The Balaban J connectivity index is 2.03. The second kappa shape index (κ2) is 6.55. The zero-order valence-electron chi connectivity index (χ0n) is 13.8. The molecule has 0 bridgehead atoms. The minimum atomic E-state index is 0.214. The molecule has 1 unspecified atom stereocenters. The number of likely N-dealkylation sites (tertiary alicyclic amines) is 1. The number of hydrogen-bond acceptors (Lipinski definition) is 4. The van der Waals surface area contributed by atoms with Gasteiger partial charge < -0.3 is 10.6 Å². The van der Waals surface area contributed by atoms with Crippen LogP contribution in [0.25, 0.3) is 0 Å². The van der Waals surface area contributed by atoms with E-state index in [0.29, 0.717) is 5.41 Å². The maximum atomic E-state index is 6.25. The summed E-state index contributed by atoms with van der Waals surface area (Å²) in [4.78, 5) is 5.23. The normalized spacial score (nSPS) is 32.7. The molecule has 0 aromatic heterocycles. The number of nitrogens with two attached hydrogens (primary N) is 1. The molecular weight excluding hydrogens is 266 g/mol. The molecule has 2 rings (SSSR count). The summed E-state index contributed by atoms with van der Waals surface area (Å²) in [5.41, 5.74) is 6.89. The smallest absolute Gasteiger partial charge is 0.0427 e. The molecule has 2 N–H and O–H groups in total. The van der Waals surface area contributed by atoms with Gasteiger partial charge in [-0.15, -0.1) is 0 Å². The average molecular weight is 300 g/mol. The fourth-order valence-electron chi connectivity index (χ4n) is 4.02. The monoisotopic (exact) mass is 299 g/mol. The molecule has 2 heterocycles. The van der Waals surface area contributed by atoms with E-state index in [2.05, 4.69) is 49.4 Å². The third kappa shape index (κ3) is 3.52. The highest BCUT2D eigenvalue weighted by Gasteiger charge is 2.44. The molecule has 118 valence electrons. The van der Waals surface area contributed by atoms with Crippen LogP contribution in [-0.2, 0) is 0 Å². The van der Waals surface area contributed by atoms with Gasteiger partial charge in [0.05, 0.1) is 0 Å². The standard InChI is InChI=1S/C16H33N3S/c1-5-19-8-6-14(7-9-19)18(4)16(11-17)10-15(2,3)12-20-13-16/h14H,5-13,17H2,1-4H3. The molecule has 2 saturated heterocycles. The molecule has 2 aliphatic rings. The van der Waals surface area contributed by atoms with Crippen LogP contribution in [0.1, 0.15) is 40.0 Å². The van der Waals surface area contributed by atoms with Crippen LogP contribution in [0.15, 0.2) is 0 Å². The van der Waals surface area contributed by atoms with Crippen molar-refractivity contribution in [2.24, 2.45) is 11.1 Å². The van der Waals surface area contributed by atoms with Crippen molar-refractivity contribution >= 4 is 11.8 Å². The van der Waals surface area contributed by atoms with E-state index in [1.807, 2.05) is 0 Å². The van der Waals surface area contributed by atoms with Gasteiger partial charge in [-0.3, -0.25) is 4.90 Å². The second-order valence-electron chi connectivity index (χ2n) is 7.54. The average Bonchev–Trinajstić information content (AvgIpc) is 2.45. The number of hydrogen-bond donors (Lipinski definition) is 1. The molecule has 2 aliphatic heterocycles. The lowest BCUT2D eigenvalue weighted by molar-refractivity contribution is 0.0258. The molecule has 0 aromatic rings. The first kappa shape index (κ1) is 16.6. The highest BCUT2D eigenvalue weighted by molar-refractivity contribution is 7.99. The van der Waals surface area contributed by atoms with Gasteiger partial charge >= 0.3 is 0 Å². The molecule has 0 amide bonds. The Morgan fingerprint density at radius 3 is 2.40 bits per heavy atom. The van der Waals surface area contributed by atoms with Gasteiger partial charge in [-0.2, -0.15) is 11.8 Å². The largest absolute Gasteiger partial charge is 0.329 e. The molecule has 0 radical (unpaired) electrons. The zero-order chi connectivity index (χ0) is 14.8. The van der Waals surface area contributed by atoms with Gasteiger partial charge in [-0.25, -0.2) is 0 Å². The number of nitrogens with zero attached hydrogens (tertiary/aromatic N) is 2. The van der Waals surface area contributed by atoms with Crippen molar-refractivity contribution in [3.05, 3.63) is 0 Å². The lowest BCUT2D eigenvalue weighted by Crippen LogP contribution is -2.62. The quantitative estimate of drug-likeness (QED) is 0.863. The molecule has 4 heteroatoms.